The maximum atomic E-state index is 11.0. The summed E-state index contributed by atoms with van der Waals surface area (Å²) in [6, 6.07) is 8.10. The number of esters is 1. The van der Waals surface area contributed by atoms with Crippen molar-refractivity contribution in [2.45, 2.75) is 26.2 Å². The van der Waals surface area contributed by atoms with Gasteiger partial charge >= 0.3 is 5.97 Å². The molecule has 0 spiro atoms. The molecule has 0 heterocycles. The van der Waals surface area contributed by atoms with E-state index in [9.17, 15) is 4.79 Å². The lowest BCUT2D eigenvalue weighted by atomic mass is 10.1. The van der Waals surface area contributed by atoms with Crippen molar-refractivity contribution in [3.05, 3.63) is 35.4 Å². The predicted octanol–water partition coefficient (Wildman–Crippen LogP) is 2.35. The van der Waals surface area contributed by atoms with Crippen LogP contribution in [0.1, 0.15) is 24.5 Å². The molecular formula is C12H16O2. The summed E-state index contributed by atoms with van der Waals surface area (Å²) in [5.74, 6) is -0.182. The average molecular weight is 192 g/mol. The molecule has 1 aromatic rings. The molecule has 0 amide bonds. The van der Waals surface area contributed by atoms with Crippen molar-refractivity contribution in [1.29, 1.82) is 0 Å². The summed E-state index contributed by atoms with van der Waals surface area (Å²) >= 11 is 0. The van der Waals surface area contributed by atoms with Gasteiger partial charge in [-0.2, -0.15) is 0 Å². The molecule has 0 aliphatic heterocycles. The van der Waals surface area contributed by atoms with E-state index in [0.29, 0.717) is 6.42 Å². The van der Waals surface area contributed by atoms with Crippen LogP contribution in [0.5, 0.6) is 0 Å². The van der Waals surface area contributed by atoms with E-state index in [1.54, 1.807) is 0 Å². The first-order valence-electron chi connectivity index (χ1n) is 4.91. The Morgan fingerprint density at radius 1 is 1.36 bits per heavy atom. The topological polar surface area (TPSA) is 26.3 Å². The Labute approximate surface area is 84.9 Å². The van der Waals surface area contributed by atoms with Crippen LogP contribution in [0.3, 0.4) is 0 Å². The minimum absolute atomic E-state index is 0.182. The number of carbonyl (C=O) groups excluding carboxylic acids is 1. The lowest BCUT2D eigenvalue weighted by Crippen LogP contribution is -2.04. The molecule has 0 radical (unpaired) electrons. The number of ether oxygens (including phenoxy) is 1. The highest BCUT2D eigenvalue weighted by Crippen LogP contribution is 2.08. The second-order valence-electron chi connectivity index (χ2n) is 3.32. The van der Waals surface area contributed by atoms with Gasteiger partial charge in [0.05, 0.1) is 13.5 Å². The van der Waals surface area contributed by atoms with E-state index in [1.165, 1.54) is 12.7 Å². The SMILES string of the molecule is CCCc1cccc(CC(=O)OC)c1. The third kappa shape index (κ3) is 3.21. The quantitative estimate of drug-likeness (QED) is 0.684. The van der Waals surface area contributed by atoms with Crippen LogP contribution in [-0.2, 0) is 22.4 Å². The summed E-state index contributed by atoms with van der Waals surface area (Å²) in [5, 5.41) is 0. The van der Waals surface area contributed by atoms with Crippen molar-refractivity contribution in [3.63, 3.8) is 0 Å². The summed E-state index contributed by atoms with van der Waals surface area (Å²) in [5.41, 5.74) is 2.32. The second kappa shape index (κ2) is 5.43. The third-order valence-electron chi connectivity index (χ3n) is 2.11. The largest absolute Gasteiger partial charge is 0.469 e. The van der Waals surface area contributed by atoms with Crippen molar-refractivity contribution in [3.8, 4) is 0 Å². The Hall–Kier alpha value is -1.31. The number of benzene rings is 1. The molecule has 14 heavy (non-hydrogen) atoms. The van der Waals surface area contributed by atoms with Crippen LogP contribution in [-0.4, -0.2) is 13.1 Å². The minimum atomic E-state index is -0.182. The van der Waals surface area contributed by atoms with E-state index in [1.807, 2.05) is 12.1 Å². The molecule has 1 aromatic carbocycles. The Bertz CT molecular complexity index is 305. The molecule has 0 aliphatic rings. The van der Waals surface area contributed by atoms with Gasteiger partial charge in [0.2, 0.25) is 0 Å². The van der Waals surface area contributed by atoms with Gasteiger partial charge in [0.1, 0.15) is 0 Å². The molecule has 0 saturated heterocycles. The van der Waals surface area contributed by atoms with Crippen LogP contribution in [0, 0.1) is 0 Å². The molecule has 0 aromatic heterocycles. The van der Waals surface area contributed by atoms with Crippen LogP contribution in [0.25, 0.3) is 0 Å². The maximum Gasteiger partial charge on any atom is 0.309 e. The fraction of sp³-hybridized carbons (Fsp3) is 0.417. The summed E-state index contributed by atoms with van der Waals surface area (Å²) in [6.45, 7) is 2.15. The van der Waals surface area contributed by atoms with Crippen molar-refractivity contribution in [1.82, 2.24) is 0 Å². The van der Waals surface area contributed by atoms with Gasteiger partial charge in [-0.05, 0) is 17.5 Å². The number of hydrogen-bond acceptors (Lipinski definition) is 2. The Morgan fingerprint density at radius 2 is 2.07 bits per heavy atom. The monoisotopic (exact) mass is 192 g/mol. The number of methoxy groups -OCH3 is 1. The molecule has 1 rings (SSSR count). The van der Waals surface area contributed by atoms with E-state index < -0.39 is 0 Å². The van der Waals surface area contributed by atoms with Crippen molar-refractivity contribution >= 4 is 5.97 Å². The summed E-state index contributed by atoms with van der Waals surface area (Å²) < 4.78 is 4.62. The molecule has 0 atom stereocenters. The van der Waals surface area contributed by atoms with E-state index in [4.69, 9.17) is 0 Å². The zero-order chi connectivity index (χ0) is 10.4. The van der Waals surface area contributed by atoms with Crippen molar-refractivity contribution in [2.75, 3.05) is 7.11 Å². The minimum Gasteiger partial charge on any atom is -0.469 e. The van der Waals surface area contributed by atoms with Gasteiger partial charge in [0.15, 0.2) is 0 Å². The lowest BCUT2D eigenvalue weighted by molar-refractivity contribution is -0.139. The number of aryl methyl sites for hydroxylation is 1. The van der Waals surface area contributed by atoms with Crippen LogP contribution < -0.4 is 0 Å². The van der Waals surface area contributed by atoms with Gasteiger partial charge in [-0.15, -0.1) is 0 Å². The second-order valence-corrected chi connectivity index (χ2v) is 3.32. The molecule has 76 valence electrons. The zero-order valence-electron chi connectivity index (χ0n) is 8.75. The Morgan fingerprint density at radius 3 is 2.71 bits per heavy atom. The smallest absolute Gasteiger partial charge is 0.309 e. The average Bonchev–Trinajstić information content (AvgIpc) is 2.19. The molecule has 0 unspecified atom stereocenters. The Kier molecular flexibility index (Phi) is 4.17. The predicted molar refractivity (Wildman–Crippen MR) is 56.2 cm³/mol. The van der Waals surface area contributed by atoms with E-state index in [-0.39, 0.29) is 5.97 Å². The standard InChI is InChI=1S/C12H16O2/c1-3-5-10-6-4-7-11(8-10)9-12(13)14-2/h4,6-8H,3,5,9H2,1-2H3. The lowest BCUT2D eigenvalue weighted by Gasteiger charge is -2.03. The van der Waals surface area contributed by atoms with E-state index >= 15 is 0 Å². The van der Waals surface area contributed by atoms with Crippen LogP contribution in [0.4, 0.5) is 0 Å². The molecule has 2 nitrogen and oxygen atoms in total. The normalized spacial score (nSPS) is 9.86. The van der Waals surface area contributed by atoms with Crippen LogP contribution in [0.15, 0.2) is 24.3 Å². The fourth-order valence-electron chi connectivity index (χ4n) is 1.42. The Balaban J connectivity index is 2.68. The van der Waals surface area contributed by atoms with Crippen molar-refractivity contribution < 1.29 is 9.53 Å². The molecular weight excluding hydrogens is 176 g/mol. The van der Waals surface area contributed by atoms with Crippen LogP contribution in [0.2, 0.25) is 0 Å². The van der Waals surface area contributed by atoms with Gasteiger partial charge < -0.3 is 4.74 Å². The van der Waals surface area contributed by atoms with Gasteiger partial charge in [-0.25, -0.2) is 0 Å². The molecule has 0 saturated carbocycles. The molecule has 0 aliphatic carbocycles. The van der Waals surface area contributed by atoms with Gasteiger partial charge in [0, 0.05) is 0 Å². The van der Waals surface area contributed by atoms with Crippen molar-refractivity contribution in [2.24, 2.45) is 0 Å². The first-order chi connectivity index (χ1) is 6.76. The number of hydrogen-bond donors (Lipinski definition) is 0. The van der Waals surface area contributed by atoms with Gasteiger partial charge in [-0.3, -0.25) is 4.79 Å². The van der Waals surface area contributed by atoms with Crippen LogP contribution >= 0.6 is 0 Å². The number of carbonyl (C=O) groups is 1. The van der Waals surface area contributed by atoms with E-state index in [0.717, 1.165) is 18.4 Å². The number of rotatable bonds is 4. The fourth-order valence-corrected chi connectivity index (χ4v) is 1.42. The highest BCUT2D eigenvalue weighted by Gasteiger charge is 2.02. The molecule has 0 fully saturated rings. The highest BCUT2D eigenvalue weighted by atomic mass is 16.5. The maximum absolute atomic E-state index is 11.0. The highest BCUT2D eigenvalue weighted by molar-refractivity contribution is 5.72. The van der Waals surface area contributed by atoms with Gasteiger partial charge in [-0.1, -0.05) is 37.6 Å². The zero-order valence-corrected chi connectivity index (χ0v) is 8.75. The summed E-state index contributed by atoms with van der Waals surface area (Å²) in [7, 11) is 1.41. The third-order valence-corrected chi connectivity index (χ3v) is 2.11. The van der Waals surface area contributed by atoms with E-state index in [2.05, 4.69) is 23.8 Å². The first kappa shape index (κ1) is 10.8. The summed E-state index contributed by atoms with van der Waals surface area (Å²) in [6.07, 6.45) is 2.56. The molecule has 0 bridgehead atoms. The summed E-state index contributed by atoms with van der Waals surface area (Å²) in [4.78, 5) is 11.0. The van der Waals surface area contributed by atoms with Gasteiger partial charge in [0.25, 0.3) is 0 Å². The molecule has 0 N–H and O–H groups in total. The molecule has 2 heteroatoms. The first-order valence-corrected chi connectivity index (χ1v) is 4.91.